The van der Waals surface area contributed by atoms with Crippen molar-refractivity contribution >= 4 is 44.8 Å². The van der Waals surface area contributed by atoms with Gasteiger partial charge in [-0.3, -0.25) is 10.1 Å². The van der Waals surface area contributed by atoms with Crippen molar-refractivity contribution in [1.82, 2.24) is 30.0 Å². The van der Waals surface area contributed by atoms with E-state index in [9.17, 15) is 0 Å². The molecule has 37 heavy (non-hydrogen) atoms. The molecule has 8 nitrogen and oxygen atoms in total. The standard InChI is InChI=1S/C28H26N8S/c1-15-3-6-20(31-24(11-15)36-13-18(29)14-36)17-5-7-21-19(12-17)25(35-34-21)28-32-22-9-10-30-27(26(22)33-28)23-8-4-16(2)37-23/h4-12,18H,3,13-14,29H2,1-2H3,(H,32,33)(H,34,35). The number of nitrogens with zero attached hydrogens (tertiary/aromatic N) is 5. The number of nitrogens with two attached hydrogens (primary N) is 1. The molecule has 4 N–H and O–H groups in total. The Kier molecular flexibility index (Phi) is 5.09. The monoisotopic (exact) mass is 506 g/mol. The summed E-state index contributed by atoms with van der Waals surface area (Å²) in [5, 5.41) is 8.80. The van der Waals surface area contributed by atoms with Gasteiger partial charge in [0.25, 0.3) is 0 Å². The molecule has 0 atom stereocenters. The number of pyridine rings is 1. The topological polar surface area (TPSA) is 112 Å². The second kappa shape index (κ2) is 8.50. The number of aliphatic imine (C=N–C) groups is 1. The average Bonchev–Trinajstić information content (AvgIpc) is 3.58. The van der Waals surface area contributed by atoms with Crippen LogP contribution in [-0.2, 0) is 0 Å². The van der Waals surface area contributed by atoms with Gasteiger partial charge in [-0.25, -0.2) is 9.98 Å². The van der Waals surface area contributed by atoms with Crippen molar-refractivity contribution in [2.45, 2.75) is 26.3 Å². The lowest BCUT2D eigenvalue weighted by molar-refractivity contribution is 0.256. The molecule has 184 valence electrons. The number of hydrogen-bond donors (Lipinski definition) is 3. The normalized spacial score (nSPS) is 16.5. The molecule has 1 aromatic carbocycles. The van der Waals surface area contributed by atoms with Gasteiger partial charge in [-0.15, -0.1) is 11.3 Å². The van der Waals surface area contributed by atoms with Crippen LogP contribution in [0.25, 0.3) is 49.7 Å². The number of imidazole rings is 1. The second-order valence-electron chi connectivity index (χ2n) is 9.80. The number of benzene rings is 1. The summed E-state index contributed by atoms with van der Waals surface area (Å²) >= 11 is 1.72. The fraction of sp³-hybridized carbons (Fsp3) is 0.214. The zero-order valence-corrected chi connectivity index (χ0v) is 21.4. The third-order valence-electron chi connectivity index (χ3n) is 6.92. The molecule has 0 saturated carbocycles. The van der Waals surface area contributed by atoms with Crippen molar-refractivity contribution < 1.29 is 0 Å². The summed E-state index contributed by atoms with van der Waals surface area (Å²) in [6.45, 7) is 5.93. The maximum Gasteiger partial charge on any atom is 0.159 e. The van der Waals surface area contributed by atoms with E-state index in [1.54, 1.807) is 11.3 Å². The number of aromatic nitrogens is 5. The molecule has 7 rings (SSSR count). The van der Waals surface area contributed by atoms with Gasteiger partial charge in [-0.2, -0.15) is 5.10 Å². The maximum absolute atomic E-state index is 6.03. The molecule has 0 aliphatic carbocycles. The highest BCUT2D eigenvalue weighted by Crippen LogP contribution is 2.34. The molecule has 0 spiro atoms. The molecule has 0 amide bonds. The first-order valence-corrected chi connectivity index (χ1v) is 13.2. The smallest absolute Gasteiger partial charge is 0.159 e. The van der Waals surface area contributed by atoms with Gasteiger partial charge in [0, 0.05) is 41.2 Å². The molecule has 9 heteroatoms. The van der Waals surface area contributed by atoms with E-state index in [2.05, 4.69) is 81.4 Å². The van der Waals surface area contributed by atoms with Gasteiger partial charge in [0.2, 0.25) is 0 Å². The summed E-state index contributed by atoms with van der Waals surface area (Å²) in [4.78, 5) is 22.7. The molecule has 1 fully saturated rings. The largest absolute Gasteiger partial charge is 0.353 e. The third kappa shape index (κ3) is 3.87. The Morgan fingerprint density at radius 1 is 1.05 bits per heavy atom. The molecule has 0 bridgehead atoms. The fourth-order valence-electron chi connectivity index (χ4n) is 4.93. The van der Waals surface area contributed by atoms with Crippen LogP contribution in [0.3, 0.4) is 0 Å². The molecular weight excluding hydrogens is 480 g/mol. The van der Waals surface area contributed by atoms with Crippen LogP contribution in [0.4, 0.5) is 0 Å². The number of aryl methyl sites for hydroxylation is 1. The van der Waals surface area contributed by atoms with Gasteiger partial charge >= 0.3 is 0 Å². The number of aromatic amines is 2. The number of hydrogen-bond acceptors (Lipinski definition) is 7. The molecule has 5 aromatic rings. The number of H-pyrrole nitrogens is 2. The van der Waals surface area contributed by atoms with Crippen LogP contribution in [0, 0.1) is 6.92 Å². The quantitative estimate of drug-likeness (QED) is 0.309. The van der Waals surface area contributed by atoms with Crippen molar-refractivity contribution in [3.8, 4) is 22.1 Å². The van der Waals surface area contributed by atoms with E-state index >= 15 is 0 Å². The van der Waals surface area contributed by atoms with Gasteiger partial charge in [0.05, 0.1) is 21.6 Å². The zero-order valence-electron chi connectivity index (χ0n) is 20.6. The maximum atomic E-state index is 6.03. The Bertz CT molecular complexity index is 1760. The van der Waals surface area contributed by atoms with Crippen LogP contribution in [0.2, 0.25) is 0 Å². The first-order valence-electron chi connectivity index (χ1n) is 12.4. The highest BCUT2D eigenvalue weighted by molar-refractivity contribution is 7.15. The molecule has 4 aromatic heterocycles. The molecular formula is C28H26N8S. The Labute approximate surface area is 217 Å². The second-order valence-corrected chi connectivity index (χ2v) is 11.1. The van der Waals surface area contributed by atoms with E-state index in [1.807, 2.05) is 12.3 Å². The number of amidine groups is 1. The number of fused-ring (bicyclic) bond motifs is 2. The Hall–Kier alpha value is -4.08. The van der Waals surface area contributed by atoms with Gasteiger partial charge in [-0.1, -0.05) is 17.7 Å². The fourth-order valence-corrected chi connectivity index (χ4v) is 5.79. The molecule has 0 radical (unpaired) electrons. The van der Waals surface area contributed by atoms with Gasteiger partial charge in [0.15, 0.2) is 5.82 Å². The SMILES string of the molecule is CC1=CC(N2CC(N)C2)=NC(c2ccc3[nH]nc(-c4nc5c(-c6ccc(C)s6)nccc5[nH]4)c3c2)=CC1. The van der Waals surface area contributed by atoms with Crippen LogP contribution >= 0.6 is 11.3 Å². The highest BCUT2D eigenvalue weighted by atomic mass is 32.1. The molecule has 6 heterocycles. The molecule has 2 aliphatic rings. The van der Waals surface area contributed by atoms with Crippen LogP contribution in [0.5, 0.6) is 0 Å². The van der Waals surface area contributed by atoms with E-state index < -0.39 is 0 Å². The van der Waals surface area contributed by atoms with Crippen LogP contribution in [-0.4, -0.2) is 55.0 Å². The first kappa shape index (κ1) is 22.1. The van der Waals surface area contributed by atoms with Crippen LogP contribution in [0.1, 0.15) is 23.8 Å². The summed E-state index contributed by atoms with van der Waals surface area (Å²) in [5.41, 5.74) is 13.7. The first-order chi connectivity index (χ1) is 18.0. The van der Waals surface area contributed by atoms with Crippen molar-refractivity contribution in [2.75, 3.05) is 13.1 Å². The number of thiophene rings is 1. The van der Waals surface area contributed by atoms with Crippen LogP contribution in [0.15, 0.2) is 65.3 Å². The van der Waals surface area contributed by atoms with Gasteiger partial charge in [-0.05, 0) is 56.7 Å². The minimum atomic E-state index is 0.222. The lowest BCUT2D eigenvalue weighted by Gasteiger charge is -2.38. The minimum Gasteiger partial charge on any atom is -0.353 e. The van der Waals surface area contributed by atoms with E-state index in [0.717, 1.165) is 74.8 Å². The predicted molar refractivity (Wildman–Crippen MR) is 150 cm³/mol. The predicted octanol–water partition coefficient (Wildman–Crippen LogP) is 5.27. The van der Waals surface area contributed by atoms with Gasteiger partial charge in [0.1, 0.15) is 22.7 Å². The zero-order chi connectivity index (χ0) is 25.1. The van der Waals surface area contributed by atoms with E-state index in [0.29, 0.717) is 5.82 Å². The highest BCUT2D eigenvalue weighted by Gasteiger charge is 2.26. The molecule has 0 unspecified atom stereocenters. The summed E-state index contributed by atoms with van der Waals surface area (Å²) < 4.78 is 0. The van der Waals surface area contributed by atoms with E-state index in [1.165, 1.54) is 10.5 Å². The van der Waals surface area contributed by atoms with Crippen molar-refractivity contribution in [3.63, 3.8) is 0 Å². The molecule has 1 saturated heterocycles. The number of rotatable bonds is 3. The van der Waals surface area contributed by atoms with E-state index in [-0.39, 0.29) is 6.04 Å². The number of allylic oxidation sites excluding steroid dienone is 2. The Morgan fingerprint density at radius 2 is 1.95 bits per heavy atom. The van der Waals surface area contributed by atoms with Crippen molar-refractivity contribution in [3.05, 3.63) is 70.8 Å². The number of nitrogens with one attached hydrogen (secondary N) is 2. The summed E-state index contributed by atoms with van der Waals surface area (Å²) in [7, 11) is 0. The third-order valence-corrected chi connectivity index (χ3v) is 7.93. The minimum absolute atomic E-state index is 0.222. The summed E-state index contributed by atoms with van der Waals surface area (Å²) in [6.07, 6.45) is 7.05. The summed E-state index contributed by atoms with van der Waals surface area (Å²) in [5.74, 6) is 1.70. The number of likely N-dealkylation sites (tertiary alicyclic amines) is 1. The van der Waals surface area contributed by atoms with Gasteiger partial charge < -0.3 is 15.6 Å². The lowest BCUT2D eigenvalue weighted by atomic mass is 10.1. The lowest BCUT2D eigenvalue weighted by Crippen LogP contribution is -2.57. The van der Waals surface area contributed by atoms with Crippen molar-refractivity contribution in [2.24, 2.45) is 10.7 Å². The summed E-state index contributed by atoms with van der Waals surface area (Å²) in [6, 6.07) is 12.7. The molecule has 2 aliphatic heterocycles. The van der Waals surface area contributed by atoms with Crippen LogP contribution < -0.4 is 5.73 Å². The van der Waals surface area contributed by atoms with E-state index in [4.69, 9.17) is 15.7 Å². The Morgan fingerprint density at radius 3 is 2.76 bits per heavy atom. The average molecular weight is 507 g/mol. The van der Waals surface area contributed by atoms with Crippen molar-refractivity contribution in [1.29, 1.82) is 0 Å². The Balaban J connectivity index is 1.30.